The molecule has 1 heterocycles. The fourth-order valence-electron chi connectivity index (χ4n) is 1.45. The first-order valence-corrected chi connectivity index (χ1v) is 6.09. The van der Waals surface area contributed by atoms with Gasteiger partial charge in [0.2, 0.25) is 5.88 Å². The van der Waals surface area contributed by atoms with Gasteiger partial charge in [0, 0.05) is 10.7 Å². The van der Waals surface area contributed by atoms with E-state index in [0.29, 0.717) is 15.8 Å². The molecule has 1 aromatic heterocycles. The van der Waals surface area contributed by atoms with Crippen LogP contribution in [0.25, 0.3) is 0 Å². The van der Waals surface area contributed by atoms with Crippen molar-refractivity contribution in [2.24, 2.45) is 0 Å². The minimum atomic E-state index is -1.15. The van der Waals surface area contributed by atoms with E-state index in [1.54, 1.807) is 6.92 Å². The van der Waals surface area contributed by atoms with Crippen molar-refractivity contribution in [3.8, 4) is 11.6 Å². The van der Waals surface area contributed by atoms with Crippen LogP contribution in [0.5, 0.6) is 11.6 Å². The third-order valence-electron chi connectivity index (χ3n) is 2.39. The van der Waals surface area contributed by atoms with Crippen LogP contribution in [0.2, 0.25) is 0 Å². The van der Waals surface area contributed by atoms with Crippen LogP contribution in [0.4, 0.5) is 4.39 Å². The summed E-state index contributed by atoms with van der Waals surface area (Å²) in [6.45, 7) is 1.59. The number of aryl methyl sites for hydroxylation is 1. The van der Waals surface area contributed by atoms with Gasteiger partial charge < -0.3 is 9.84 Å². The third kappa shape index (κ3) is 3.08. The van der Waals surface area contributed by atoms with Crippen molar-refractivity contribution in [2.75, 3.05) is 0 Å². The van der Waals surface area contributed by atoms with E-state index >= 15 is 0 Å². The Morgan fingerprint density at radius 2 is 2.16 bits per heavy atom. The van der Waals surface area contributed by atoms with Crippen molar-refractivity contribution in [2.45, 2.75) is 6.92 Å². The van der Waals surface area contributed by atoms with E-state index in [4.69, 9.17) is 9.84 Å². The zero-order valence-corrected chi connectivity index (χ0v) is 11.4. The average molecular weight is 326 g/mol. The number of carbonyl (C=O) groups is 1. The van der Waals surface area contributed by atoms with Crippen LogP contribution in [0.1, 0.15) is 15.9 Å². The maximum absolute atomic E-state index is 13.1. The Balaban J connectivity index is 2.37. The van der Waals surface area contributed by atoms with Gasteiger partial charge >= 0.3 is 5.97 Å². The standard InChI is InChI=1S/C13H9BrFNO3/c1-7-4-9(2-3-11(7)15)19-12-10(13(17)18)5-8(14)6-16-12/h2-6H,1H3,(H,17,18). The fourth-order valence-corrected chi connectivity index (χ4v) is 1.78. The van der Waals surface area contributed by atoms with Crippen LogP contribution in [0.3, 0.4) is 0 Å². The number of benzene rings is 1. The summed E-state index contributed by atoms with van der Waals surface area (Å²) in [7, 11) is 0. The Morgan fingerprint density at radius 1 is 1.42 bits per heavy atom. The molecule has 0 aliphatic heterocycles. The first kappa shape index (κ1) is 13.5. The molecule has 19 heavy (non-hydrogen) atoms. The first-order valence-electron chi connectivity index (χ1n) is 5.30. The zero-order chi connectivity index (χ0) is 14.0. The van der Waals surface area contributed by atoms with Crippen LogP contribution < -0.4 is 4.74 Å². The number of rotatable bonds is 3. The Kier molecular flexibility index (Phi) is 3.80. The molecule has 0 spiro atoms. The molecule has 1 N–H and O–H groups in total. The van der Waals surface area contributed by atoms with E-state index in [0.717, 1.165) is 0 Å². The van der Waals surface area contributed by atoms with Crippen LogP contribution in [0, 0.1) is 12.7 Å². The number of carboxylic acids is 1. The number of halogens is 2. The minimum Gasteiger partial charge on any atom is -0.477 e. The Hall–Kier alpha value is -1.95. The van der Waals surface area contributed by atoms with E-state index in [2.05, 4.69) is 20.9 Å². The first-order chi connectivity index (χ1) is 8.97. The number of carboxylic acid groups (broad SMARTS) is 1. The van der Waals surface area contributed by atoms with Gasteiger partial charge in [-0.05, 0) is 52.7 Å². The topological polar surface area (TPSA) is 59.4 Å². The van der Waals surface area contributed by atoms with E-state index < -0.39 is 5.97 Å². The third-order valence-corrected chi connectivity index (χ3v) is 2.83. The molecule has 0 fully saturated rings. The van der Waals surface area contributed by atoms with Gasteiger partial charge in [0.25, 0.3) is 0 Å². The lowest BCUT2D eigenvalue weighted by molar-refractivity contribution is 0.0693. The summed E-state index contributed by atoms with van der Waals surface area (Å²) in [5.74, 6) is -1.21. The molecule has 6 heteroatoms. The van der Waals surface area contributed by atoms with Crippen molar-refractivity contribution in [3.63, 3.8) is 0 Å². The Labute approximate surface area is 117 Å². The van der Waals surface area contributed by atoms with E-state index in [-0.39, 0.29) is 17.3 Å². The lowest BCUT2D eigenvalue weighted by atomic mass is 10.2. The smallest absolute Gasteiger partial charge is 0.341 e. The summed E-state index contributed by atoms with van der Waals surface area (Å²) in [5.41, 5.74) is 0.336. The second kappa shape index (κ2) is 5.36. The summed E-state index contributed by atoms with van der Waals surface area (Å²) in [4.78, 5) is 15.0. The number of hydrogen-bond acceptors (Lipinski definition) is 3. The molecular formula is C13H9BrFNO3. The van der Waals surface area contributed by atoms with Gasteiger partial charge in [0.05, 0.1) is 0 Å². The SMILES string of the molecule is Cc1cc(Oc2ncc(Br)cc2C(=O)O)ccc1F. The number of hydrogen-bond donors (Lipinski definition) is 1. The van der Waals surface area contributed by atoms with E-state index in [1.807, 2.05) is 0 Å². The molecule has 0 saturated carbocycles. The van der Waals surface area contributed by atoms with Gasteiger partial charge in [0.15, 0.2) is 0 Å². The number of aromatic nitrogens is 1. The molecule has 1 aromatic carbocycles. The highest BCUT2D eigenvalue weighted by Crippen LogP contribution is 2.26. The molecule has 0 bridgehead atoms. The molecule has 0 aliphatic rings. The maximum Gasteiger partial charge on any atom is 0.341 e. The van der Waals surface area contributed by atoms with Crippen molar-refractivity contribution < 1.29 is 19.0 Å². The molecule has 0 unspecified atom stereocenters. The predicted molar refractivity (Wildman–Crippen MR) is 70.1 cm³/mol. The summed E-state index contributed by atoms with van der Waals surface area (Å²) >= 11 is 3.14. The minimum absolute atomic E-state index is 0.0401. The van der Waals surface area contributed by atoms with Crippen molar-refractivity contribution in [1.82, 2.24) is 4.98 Å². The van der Waals surface area contributed by atoms with Crippen molar-refractivity contribution in [1.29, 1.82) is 0 Å². The summed E-state index contributed by atoms with van der Waals surface area (Å²) in [6, 6.07) is 5.54. The quantitative estimate of drug-likeness (QED) is 0.932. The van der Waals surface area contributed by atoms with Gasteiger partial charge in [-0.3, -0.25) is 0 Å². The largest absolute Gasteiger partial charge is 0.477 e. The highest BCUT2D eigenvalue weighted by Gasteiger charge is 2.14. The monoisotopic (exact) mass is 325 g/mol. The van der Waals surface area contributed by atoms with Crippen molar-refractivity contribution >= 4 is 21.9 Å². The van der Waals surface area contributed by atoms with Gasteiger partial charge in [-0.1, -0.05) is 0 Å². The average Bonchev–Trinajstić information content (AvgIpc) is 2.36. The summed E-state index contributed by atoms with van der Waals surface area (Å²) in [6.07, 6.45) is 1.43. The molecule has 0 atom stereocenters. The summed E-state index contributed by atoms with van der Waals surface area (Å²) < 4.78 is 19.0. The number of nitrogens with zero attached hydrogens (tertiary/aromatic N) is 1. The molecule has 4 nitrogen and oxygen atoms in total. The predicted octanol–water partition coefficient (Wildman–Crippen LogP) is 3.78. The fraction of sp³-hybridized carbons (Fsp3) is 0.0769. The van der Waals surface area contributed by atoms with Gasteiger partial charge in [-0.25, -0.2) is 14.2 Å². The second-order valence-electron chi connectivity index (χ2n) is 3.82. The van der Waals surface area contributed by atoms with Gasteiger partial charge in [-0.15, -0.1) is 0 Å². The number of ether oxygens (including phenoxy) is 1. The lowest BCUT2D eigenvalue weighted by Gasteiger charge is -2.08. The highest BCUT2D eigenvalue weighted by atomic mass is 79.9. The second-order valence-corrected chi connectivity index (χ2v) is 4.74. The summed E-state index contributed by atoms with van der Waals surface area (Å²) in [5, 5.41) is 9.07. The molecule has 98 valence electrons. The van der Waals surface area contributed by atoms with Gasteiger partial charge in [-0.2, -0.15) is 0 Å². The Morgan fingerprint density at radius 3 is 2.79 bits per heavy atom. The lowest BCUT2D eigenvalue weighted by Crippen LogP contribution is -2.02. The normalized spacial score (nSPS) is 10.3. The van der Waals surface area contributed by atoms with Crippen LogP contribution in [-0.4, -0.2) is 16.1 Å². The van der Waals surface area contributed by atoms with E-state index in [9.17, 15) is 9.18 Å². The van der Waals surface area contributed by atoms with Crippen molar-refractivity contribution in [3.05, 3.63) is 51.9 Å². The van der Waals surface area contributed by atoms with Crippen LogP contribution in [0.15, 0.2) is 34.9 Å². The molecular weight excluding hydrogens is 317 g/mol. The number of pyridine rings is 1. The molecule has 2 aromatic rings. The maximum atomic E-state index is 13.1. The molecule has 2 rings (SSSR count). The zero-order valence-electron chi connectivity index (χ0n) is 9.85. The highest BCUT2D eigenvalue weighted by molar-refractivity contribution is 9.10. The number of aromatic carboxylic acids is 1. The van der Waals surface area contributed by atoms with Gasteiger partial charge in [0.1, 0.15) is 17.1 Å². The molecule has 0 saturated heterocycles. The Bertz CT molecular complexity index is 646. The molecule has 0 radical (unpaired) electrons. The van der Waals surface area contributed by atoms with Crippen LogP contribution >= 0.6 is 15.9 Å². The van der Waals surface area contributed by atoms with E-state index in [1.165, 1.54) is 30.5 Å². The molecule has 0 aliphatic carbocycles. The molecule has 0 amide bonds. The van der Waals surface area contributed by atoms with Crippen LogP contribution in [-0.2, 0) is 0 Å².